The Labute approximate surface area is 145 Å². The molecule has 1 fully saturated rings. The monoisotopic (exact) mass is 348 g/mol. The lowest BCUT2D eigenvalue weighted by molar-refractivity contribution is 0.0926. The van der Waals surface area contributed by atoms with Gasteiger partial charge in [0.25, 0.3) is 5.91 Å². The molecule has 5 nitrogen and oxygen atoms in total. The van der Waals surface area contributed by atoms with Crippen molar-refractivity contribution in [3.63, 3.8) is 0 Å². The minimum Gasteiger partial charge on any atom is -0.355 e. The number of halogens is 1. The van der Waals surface area contributed by atoms with E-state index in [9.17, 15) is 9.18 Å². The van der Waals surface area contributed by atoms with Gasteiger partial charge in [-0.15, -0.1) is 11.8 Å². The van der Waals surface area contributed by atoms with Crippen LogP contribution in [0.25, 0.3) is 0 Å². The zero-order chi connectivity index (χ0) is 17.1. The molecule has 1 saturated heterocycles. The van der Waals surface area contributed by atoms with E-state index < -0.39 is 5.82 Å². The molecule has 128 valence electrons. The van der Waals surface area contributed by atoms with Gasteiger partial charge in [-0.05, 0) is 31.2 Å². The van der Waals surface area contributed by atoms with Crippen molar-refractivity contribution in [3.8, 4) is 0 Å². The van der Waals surface area contributed by atoms with Crippen LogP contribution in [-0.4, -0.2) is 41.1 Å². The summed E-state index contributed by atoms with van der Waals surface area (Å²) in [4.78, 5) is 15.4. The summed E-state index contributed by atoms with van der Waals surface area (Å²) in [6.07, 6.45) is 5.48. The van der Waals surface area contributed by atoms with Gasteiger partial charge in [0.2, 0.25) is 0 Å². The third-order valence-electron chi connectivity index (χ3n) is 4.30. The van der Waals surface area contributed by atoms with Crippen LogP contribution in [0.5, 0.6) is 0 Å². The quantitative estimate of drug-likeness (QED) is 0.863. The van der Waals surface area contributed by atoms with Gasteiger partial charge in [0.1, 0.15) is 11.6 Å². The third-order valence-corrected chi connectivity index (χ3v) is 5.08. The summed E-state index contributed by atoms with van der Waals surface area (Å²) in [6, 6.07) is 6.69. The van der Waals surface area contributed by atoms with E-state index in [0.29, 0.717) is 11.4 Å². The second kappa shape index (κ2) is 7.25. The molecule has 1 atom stereocenters. The first-order valence-corrected chi connectivity index (χ1v) is 9.19. The van der Waals surface area contributed by atoms with Crippen molar-refractivity contribution in [1.82, 2.24) is 15.1 Å². The summed E-state index contributed by atoms with van der Waals surface area (Å²) < 4.78 is 15.9. The van der Waals surface area contributed by atoms with Crippen molar-refractivity contribution >= 4 is 23.5 Å². The van der Waals surface area contributed by atoms with Gasteiger partial charge in [-0.25, -0.2) is 4.39 Å². The van der Waals surface area contributed by atoms with E-state index in [-0.39, 0.29) is 17.5 Å². The number of anilines is 1. The average Bonchev–Trinajstić information content (AvgIpc) is 3.00. The van der Waals surface area contributed by atoms with E-state index >= 15 is 0 Å². The van der Waals surface area contributed by atoms with Crippen LogP contribution in [0.2, 0.25) is 0 Å². The molecule has 2 heterocycles. The second-order valence-electron chi connectivity index (χ2n) is 5.89. The Morgan fingerprint density at radius 1 is 1.42 bits per heavy atom. The molecule has 0 bridgehead atoms. The molecule has 0 saturated carbocycles. The minimum absolute atomic E-state index is 0.00420. The molecule has 3 rings (SSSR count). The molecule has 0 spiro atoms. The number of rotatable bonds is 4. The number of hydrogen-bond donors (Lipinski definition) is 1. The average molecular weight is 348 g/mol. The lowest BCUT2D eigenvalue weighted by Crippen LogP contribution is -2.48. The van der Waals surface area contributed by atoms with E-state index in [1.807, 2.05) is 24.1 Å². The van der Waals surface area contributed by atoms with Gasteiger partial charge in [0.15, 0.2) is 0 Å². The molecule has 1 aromatic carbocycles. The largest absolute Gasteiger partial charge is 0.355 e. The first-order chi connectivity index (χ1) is 11.6. The highest BCUT2D eigenvalue weighted by Crippen LogP contribution is 2.24. The van der Waals surface area contributed by atoms with Crippen molar-refractivity contribution in [2.45, 2.75) is 23.8 Å². The molecule has 1 aliphatic heterocycles. The van der Waals surface area contributed by atoms with Crippen LogP contribution >= 0.6 is 11.8 Å². The molecule has 0 radical (unpaired) electrons. The first-order valence-electron chi connectivity index (χ1n) is 7.96. The van der Waals surface area contributed by atoms with Crippen molar-refractivity contribution in [1.29, 1.82) is 0 Å². The van der Waals surface area contributed by atoms with Crippen LogP contribution in [0.3, 0.4) is 0 Å². The molecular formula is C17H21FN4OS. The number of carbonyl (C=O) groups is 1. The van der Waals surface area contributed by atoms with E-state index in [4.69, 9.17) is 0 Å². The van der Waals surface area contributed by atoms with Crippen LogP contribution in [-0.2, 0) is 7.05 Å². The van der Waals surface area contributed by atoms with Gasteiger partial charge in [0, 0.05) is 37.1 Å². The Balaban J connectivity index is 1.72. The summed E-state index contributed by atoms with van der Waals surface area (Å²) in [6.45, 7) is 1.63. The van der Waals surface area contributed by atoms with Crippen molar-refractivity contribution in [3.05, 3.63) is 41.8 Å². The zero-order valence-corrected chi connectivity index (χ0v) is 14.6. The molecule has 7 heteroatoms. The number of aryl methyl sites for hydroxylation is 1. The fourth-order valence-corrected chi connectivity index (χ4v) is 3.74. The number of aromatic nitrogens is 2. The van der Waals surface area contributed by atoms with Crippen molar-refractivity contribution in [2.75, 3.05) is 24.2 Å². The smallest absolute Gasteiger partial charge is 0.255 e. The van der Waals surface area contributed by atoms with Crippen LogP contribution < -0.4 is 10.2 Å². The summed E-state index contributed by atoms with van der Waals surface area (Å²) in [5, 5.41) is 7.19. The van der Waals surface area contributed by atoms with Crippen LogP contribution in [0.15, 0.2) is 35.4 Å². The number of carbonyl (C=O) groups excluding carboxylic acids is 1. The highest BCUT2D eigenvalue weighted by Gasteiger charge is 2.25. The fraction of sp³-hybridized carbons (Fsp3) is 0.412. The van der Waals surface area contributed by atoms with Gasteiger partial charge in [0.05, 0.1) is 11.8 Å². The molecule has 1 aliphatic rings. The predicted octanol–water partition coefficient (Wildman–Crippen LogP) is 2.68. The number of thioether (sulfide) groups is 1. The Morgan fingerprint density at radius 2 is 2.25 bits per heavy atom. The maximum absolute atomic E-state index is 14.1. The topological polar surface area (TPSA) is 50.2 Å². The predicted molar refractivity (Wildman–Crippen MR) is 94.1 cm³/mol. The fourth-order valence-electron chi connectivity index (χ4n) is 3.13. The van der Waals surface area contributed by atoms with Crippen LogP contribution in [0.4, 0.5) is 10.2 Å². The van der Waals surface area contributed by atoms with Crippen LogP contribution in [0, 0.1) is 5.82 Å². The van der Waals surface area contributed by atoms with Gasteiger partial charge in [-0.1, -0.05) is 6.07 Å². The normalized spacial score (nSPS) is 17.8. The van der Waals surface area contributed by atoms with E-state index in [0.717, 1.165) is 25.2 Å². The van der Waals surface area contributed by atoms with E-state index in [2.05, 4.69) is 15.3 Å². The maximum atomic E-state index is 14.1. The van der Waals surface area contributed by atoms with Gasteiger partial charge < -0.3 is 10.2 Å². The SMILES string of the molecule is CSc1cccc(F)c1C(=O)N[C@H]1CCCN(c2ccnn2C)C1. The Bertz CT molecular complexity index is 733. The summed E-state index contributed by atoms with van der Waals surface area (Å²) in [5.41, 5.74) is 0.141. The van der Waals surface area contributed by atoms with E-state index in [1.54, 1.807) is 18.3 Å². The van der Waals surface area contributed by atoms with Crippen molar-refractivity contribution < 1.29 is 9.18 Å². The highest BCUT2D eigenvalue weighted by molar-refractivity contribution is 7.98. The molecular weight excluding hydrogens is 327 g/mol. The summed E-state index contributed by atoms with van der Waals surface area (Å²) >= 11 is 1.38. The first kappa shape index (κ1) is 16.8. The number of benzene rings is 1. The van der Waals surface area contributed by atoms with Gasteiger partial charge >= 0.3 is 0 Å². The Kier molecular flexibility index (Phi) is 5.08. The molecule has 0 aliphatic carbocycles. The Hall–Kier alpha value is -2.02. The minimum atomic E-state index is -0.473. The molecule has 24 heavy (non-hydrogen) atoms. The standard InChI is InChI=1S/C17H21FN4OS/c1-21-15(8-9-19-21)22-10-4-5-12(11-22)20-17(23)16-13(18)6-3-7-14(16)24-2/h3,6-9,12H,4-5,10-11H2,1-2H3,(H,20,23)/t12-/m0/s1. The zero-order valence-electron chi connectivity index (χ0n) is 13.8. The second-order valence-corrected chi connectivity index (χ2v) is 6.74. The molecule has 1 N–H and O–H groups in total. The molecule has 2 aromatic rings. The lowest BCUT2D eigenvalue weighted by atomic mass is 10.0. The van der Waals surface area contributed by atoms with Crippen LogP contribution in [0.1, 0.15) is 23.2 Å². The Morgan fingerprint density at radius 3 is 2.96 bits per heavy atom. The van der Waals surface area contributed by atoms with Gasteiger partial charge in [-0.3, -0.25) is 9.48 Å². The summed E-state index contributed by atoms with van der Waals surface area (Å²) in [5.74, 6) is 0.220. The maximum Gasteiger partial charge on any atom is 0.255 e. The molecule has 1 aromatic heterocycles. The van der Waals surface area contributed by atoms with E-state index in [1.165, 1.54) is 17.8 Å². The lowest BCUT2D eigenvalue weighted by Gasteiger charge is -2.34. The number of amides is 1. The number of nitrogens with one attached hydrogen (secondary N) is 1. The third kappa shape index (κ3) is 3.40. The van der Waals surface area contributed by atoms with Crippen molar-refractivity contribution in [2.24, 2.45) is 7.05 Å². The number of nitrogens with zero attached hydrogens (tertiary/aromatic N) is 3. The number of hydrogen-bond acceptors (Lipinski definition) is 4. The highest BCUT2D eigenvalue weighted by atomic mass is 32.2. The summed E-state index contributed by atoms with van der Waals surface area (Å²) in [7, 11) is 1.90. The number of piperidine rings is 1. The molecule has 0 unspecified atom stereocenters. The van der Waals surface area contributed by atoms with Gasteiger partial charge in [-0.2, -0.15) is 5.10 Å². The molecule has 1 amide bonds.